The van der Waals surface area contributed by atoms with Crippen LogP contribution in [0.4, 0.5) is 11.8 Å². The van der Waals surface area contributed by atoms with Gasteiger partial charge in [0.2, 0.25) is 5.95 Å². The smallest absolute Gasteiger partial charge is 0.244 e. The van der Waals surface area contributed by atoms with Gasteiger partial charge in [0.15, 0.2) is 5.82 Å². The number of aromatic nitrogens is 3. The van der Waals surface area contributed by atoms with Gasteiger partial charge < -0.3 is 10.6 Å². The lowest BCUT2D eigenvalue weighted by atomic mass is 10.2. The van der Waals surface area contributed by atoms with Crippen molar-refractivity contribution in [3.63, 3.8) is 0 Å². The number of nitrogens with one attached hydrogen (secondary N) is 2. The zero-order valence-corrected chi connectivity index (χ0v) is 11.5. The molecule has 0 bridgehead atoms. The van der Waals surface area contributed by atoms with E-state index >= 15 is 0 Å². The molecule has 0 atom stereocenters. The molecular weight excluding hydrogens is 262 g/mol. The van der Waals surface area contributed by atoms with Crippen LogP contribution in [0.3, 0.4) is 0 Å². The minimum Gasteiger partial charge on any atom is -0.364 e. The Morgan fingerprint density at radius 1 is 1.21 bits per heavy atom. The second kappa shape index (κ2) is 6.89. The number of nitrogens with zero attached hydrogens (tertiary/aromatic N) is 3. The van der Waals surface area contributed by atoms with Gasteiger partial charge in [-0.1, -0.05) is 36.7 Å². The molecule has 0 saturated carbocycles. The third kappa shape index (κ3) is 4.06. The average Bonchev–Trinajstić information content (AvgIpc) is 2.45. The molecule has 0 aliphatic rings. The van der Waals surface area contributed by atoms with Crippen molar-refractivity contribution in [3.8, 4) is 0 Å². The van der Waals surface area contributed by atoms with Crippen molar-refractivity contribution in [1.29, 1.82) is 0 Å². The molecule has 0 spiro atoms. The number of anilines is 2. The van der Waals surface area contributed by atoms with Gasteiger partial charge in [0, 0.05) is 18.1 Å². The topological polar surface area (TPSA) is 62.7 Å². The molecule has 6 heteroatoms. The zero-order valence-electron chi connectivity index (χ0n) is 10.7. The van der Waals surface area contributed by atoms with E-state index < -0.39 is 0 Å². The predicted octanol–water partition coefficient (Wildman–Crippen LogP) is 2.96. The van der Waals surface area contributed by atoms with E-state index in [0.29, 0.717) is 18.3 Å². The fraction of sp³-hybridized carbons (Fsp3) is 0.308. The Kier molecular flexibility index (Phi) is 4.92. The van der Waals surface area contributed by atoms with Crippen LogP contribution in [0.15, 0.2) is 30.5 Å². The van der Waals surface area contributed by atoms with E-state index in [-0.39, 0.29) is 0 Å². The molecular formula is C13H16ClN5. The molecule has 0 aliphatic heterocycles. The monoisotopic (exact) mass is 277 g/mol. The van der Waals surface area contributed by atoms with E-state index in [1.54, 1.807) is 6.20 Å². The van der Waals surface area contributed by atoms with E-state index in [4.69, 9.17) is 11.6 Å². The second-order valence-electron chi connectivity index (χ2n) is 4.04. The molecule has 2 aromatic rings. The average molecular weight is 278 g/mol. The van der Waals surface area contributed by atoms with Crippen LogP contribution < -0.4 is 10.6 Å². The van der Waals surface area contributed by atoms with Crippen LogP contribution in [0.2, 0.25) is 5.02 Å². The molecule has 0 fully saturated rings. The van der Waals surface area contributed by atoms with Crippen molar-refractivity contribution in [1.82, 2.24) is 15.2 Å². The van der Waals surface area contributed by atoms with Gasteiger partial charge in [-0.2, -0.15) is 10.1 Å². The maximum absolute atomic E-state index is 6.09. The van der Waals surface area contributed by atoms with Crippen molar-refractivity contribution < 1.29 is 0 Å². The standard InChI is InChI=1S/C13H16ClN5/c1-2-7-15-13-18-12(9-17-19-13)16-8-10-5-3-4-6-11(10)14/h3-6,9H,2,7-8H2,1H3,(H2,15,16,18,19). The first kappa shape index (κ1) is 13.5. The summed E-state index contributed by atoms with van der Waals surface area (Å²) < 4.78 is 0. The molecule has 1 heterocycles. The lowest BCUT2D eigenvalue weighted by Gasteiger charge is -2.08. The number of hydrogen-bond donors (Lipinski definition) is 2. The minimum atomic E-state index is 0.533. The summed E-state index contributed by atoms with van der Waals surface area (Å²) in [7, 11) is 0. The molecule has 0 aliphatic carbocycles. The van der Waals surface area contributed by atoms with Gasteiger partial charge in [-0.05, 0) is 18.1 Å². The number of halogens is 1. The maximum Gasteiger partial charge on any atom is 0.244 e. The molecule has 2 N–H and O–H groups in total. The molecule has 0 amide bonds. The van der Waals surface area contributed by atoms with Crippen LogP contribution in [-0.2, 0) is 6.54 Å². The van der Waals surface area contributed by atoms with Crippen LogP contribution in [0, 0.1) is 0 Å². The highest BCUT2D eigenvalue weighted by Crippen LogP contribution is 2.16. The van der Waals surface area contributed by atoms with Crippen molar-refractivity contribution in [3.05, 3.63) is 41.0 Å². The number of benzene rings is 1. The summed E-state index contributed by atoms with van der Waals surface area (Å²) in [5.41, 5.74) is 1.02. The Balaban J connectivity index is 1.98. The van der Waals surface area contributed by atoms with Gasteiger partial charge in [0.25, 0.3) is 0 Å². The summed E-state index contributed by atoms with van der Waals surface area (Å²) in [6.07, 6.45) is 2.61. The largest absolute Gasteiger partial charge is 0.364 e. The third-order valence-corrected chi connectivity index (χ3v) is 2.88. The van der Waals surface area contributed by atoms with E-state index in [1.807, 2.05) is 24.3 Å². The van der Waals surface area contributed by atoms with E-state index in [2.05, 4.69) is 32.7 Å². The fourth-order valence-electron chi connectivity index (χ4n) is 1.53. The minimum absolute atomic E-state index is 0.533. The Hall–Kier alpha value is -1.88. The molecule has 2 rings (SSSR count). The first-order valence-electron chi connectivity index (χ1n) is 6.20. The Bertz CT molecular complexity index is 532. The molecule has 1 aromatic heterocycles. The molecule has 0 unspecified atom stereocenters. The van der Waals surface area contributed by atoms with Crippen LogP contribution in [0.25, 0.3) is 0 Å². The Labute approximate surface area is 117 Å². The number of hydrogen-bond acceptors (Lipinski definition) is 5. The van der Waals surface area contributed by atoms with Gasteiger partial charge in [0.05, 0.1) is 6.20 Å². The van der Waals surface area contributed by atoms with E-state index in [1.165, 1.54) is 0 Å². The SMILES string of the molecule is CCCNc1nncc(NCc2ccccc2Cl)n1. The third-order valence-electron chi connectivity index (χ3n) is 2.51. The van der Waals surface area contributed by atoms with Gasteiger partial charge in [-0.25, -0.2) is 0 Å². The highest BCUT2D eigenvalue weighted by atomic mass is 35.5. The van der Waals surface area contributed by atoms with Crippen molar-refractivity contribution >= 4 is 23.4 Å². The molecule has 0 radical (unpaired) electrons. The highest BCUT2D eigenvalue weighted by Gasteiger charge is 2.02. The van der Waals surface area contributed by atoms with Gasteiger partial charge in [-0.15, -0.1) is 5.10 Å². The lowest BCUT2D eigenvalue weighted by molar-refractivity contribution is 0.907. The molecule has 100 valence electrons. The second-order valence-corrected chi connectivity index (χ2v) is 4.44. The zero-order chi connectivity index (χ0) is 13.5. The summed E-state index contributed by atoms with van der Waals surface area (Å²) in [5.74, 6) is 1.21. The summed E-state index contributed by atoms with van der Waals surface area (Å²) in [6, 6.07) is 7.70. The fourth-order valence-corrected chi connectivity index (χ4v) is 1.73. The number of rotatable bonds is 6. The van der Waals surface area contributed by atoms with Crippen LogP contribution >= 0.6 is 11.6 Å². The molecule has 5 nitrogen and oxygen atoms in total. The Morgan fingerprint density at radius 3 is 2.84 bits per heavy atom. The normalized spacial score (nSPS) is 10.2. The summed E-state index contributed by atoms with van der Waals surface area (Å²) in [5, 5.41) is 14.8. The Morgan fingerprint density at radius 2 is 2.05 bits per heavy atom. The first-order chi connectivity index (χ1) is 9.29. The van der Waals surface area contributed by atoms with Crippen LogP contribution in [0.5, 0.6) is 0 Å². The summed E-state index contributed by atoms with van der Waals surface area (Å²) in [4.78, 5) is 4.32. The molecule has 1 aromatic carbocycles. The maximum atomic E-state index is 6.09. The molecule has 0 saturated heterocycles. The van der Waals surface area contributed by atoms with Gasteiger partial charge in [0.1, 0.15) is 0 Å². The van der Waals surface area contributed by atoms with Gasteiger partial charge >= 0.3 is 0 Å². The van der Waals surface area contributed by atoms with Crippen molar-refractivity contribution in [2.45, 2.75) is 19.9 Å². The predicted molar refractivity (Wildman–Crippen MR) is 77.4 cm³/mol. The molecule has 19 heavy (non-hydrogen) atoms. The summed E-state index contributed by atoms with van der Waals surface area (Å²) >= 11 is 6.09. The van der Waals surface area contributed by atoms with Crippen molar-refractivity contribution in [2.24, 2.45) is 0 Å². The quantitative estimate of drug-likeness (QED) is 0.850. The van der Waals surface area contributed by atoms with E-state index in [9.17, 15) is 0 Å². The van der Waals surface area contributed by atoms with Crippen LogP contribution in [-0.4, -0.2) is 21.7 Å². The first-order valence-corrected chi connectivity index (χ1v) is 6.58. The van der Waals surface area contributed by atoms with E-state index in [0.717, 1.165) is 23.6 Å². The lowest BCUT2D eigenvalue weighted by Crippen LogP contribution is -2.08. The van der Waals surface area contributed by atoms with Gasteiger partial charge in [-0.3, -0.25) is 0 Å². The highest BCUT2D eigenvalue weighted by molar-refractivity contribution is 6.31. The summed E-state index contributed by atoms with van der Waals surface area (Å²) in [6.45, 7) is 3.52. The van der Waals surface area contributed by atoms with Crippen molar-refractivity contribution in [2.75, 3.05) is 17.2 Å². The van der Waals surface area contributed by atoms with Crippen LogP contribution in [0.1, 0.15) is 18.9 Å².